The zero-order valence-corrected chi connectivity index (χ0v) is 12.2. The third kappa shape index (κ3) is 4.11. The van der Waals surface area contributed by atoms with Gasteiger partial charge < -0.3 is 9.84 Å². The Bertz CT molecular complexity index is 354. The van der Waals surface area contributed by atoms with Crippen LogP contribution in [0.1, 0.15) is 58.3 Å². The molecule has 0 aliphatic rings. The van der Waals surface area contributed by atoms with E-state index in [2.05, 4.69) is 39.8 Å². The first-order valence-electron chi connectivity index (χ1n) is 6.84. The Morgan fingerprint density at radius 2 is 1.72 bits per heavy atom. The van der Waals surface area contributed by atoms with Crippen molar-refractivity contribution in [2.24, 2.45) is 0 Å². The van der Waals surface area contributed by atoms with Crippen molar-refractivity contribution < 1.29 is 9.84 Å². The van der Waals surface area contributed by atoms with Crippen molar-refractivity contribution in [3.8, 4) is 0 Å². The normalized spacial score (nSPS) is 15.4. The van der Waals surface area contributed by atoms with Gasteiger partial charge in [-0.25, -0.2) is 0 Å². The average Bonchev–Trinajstić information content (AvgIpc) is 2.37. The highest BCUT2D eigenvalue weighted by Gasteiger charge is 2.24. The summed E-state index contributed by atoms with van der Waals surface area (Å²) in [6.07, 6.45) is 1.18. The highest BCUT2D eigenvalue weighted by Crippen LogP contribution is 2.25. The van der Waals surface area contributed by atoms with Gasteiger partial charge in [-0.1, -0.05) is 38.1 Å². The Balaban J connectivity index is 2.70. The van der Waals surface area contributed by atoms with Crippen LogP contribution in [-0.2, 0) is 11.2 Å². The molecule has 1 rings (SSSR count). The molecule has 102 valence electrons. The molecule has 2 atom stereocenters. The molecule has 0 aliphatic heterocycles. The summed E-state index contributed by atoms with van der Waals surface area (Å²) in [5.74, 6) is 0. The summed E-state index contributed by atoms with van der Waals surface area (Å²) >= 11 is 0. The Morgan fingerprint density at radius 3 is 2.17 bits per heavy atom. The molecule has 0 saturated carbocycles. The van der Waals surface area contributed by atoms with Gasteiger partial charge in [-0.05, 0) is 44.7 Å². The second-order valence-corrected chi connectivity index (χ2v) is 5.48. The number of aryl methyl sites for hydroxylation is 1. The second kappa shape index (κ2) is 6.35. The van der Waals surface area contributed by atoms with E-state index in [0.717, 1.165) is 18.4 Å². The van der Waals surface area contributed by atoms with Crippen LogP contribution >= 0.6 is 0 Å². The molecule has 0 amide bonds. The molecule has 0 bridgehead atoms. The summed E-state index contributed by atoms with van der Waals surface area (Å²) < 4.78 is 5.91. The molecule has 0 aromatic heterocycles. The van der Waals surface area contributed by atoms with Crippen LogP contribution in [0.5, 0.6) is 0 Å². The van der Waals surface area contributed by atoms with Crippen molar-refractivity contribution in [3.63, 3.8) is 0 Å². The van der Waals surface area contributed by atoms with Gasteiger partial charge in [0.25, 0.3) is 0 Å². The maximum atomic E-state index is 10.3. The van der Waals surface area contributed by atoms with E-state index in [-0.39, 0.29) is 11.7 Å². The van der Waals surface area contributed by atoms with Crippen molar-refractivity contribution in [1.82, 2.24) is 0 Å². The lowest BCUT2D eigenvalue weighted by atomic mass is 10.0. The van der Waals surface area contributed by atoms with E-state index in [1.807, 2.05) is 19.1 Å². The first kappa shape index (κ1) is 15.2. The van der Waals surface area contributed by atoms with Crippen molar-refractivity contribution in [1.29, 1.82) is 0 Å². The monoisotopic (exact) mass is 250 g/mol. The van der Waals surface area contributed by atoms with E-state index in [9.17, 15) is 5.11 Å². The van der Waals surface area contributed by atoms with E-state index < -0.39 is 6.10 Å². The van der Waals surface area contributed by atoms with Crippen LogP contribution in [0.2, 0.25) is 0 Å². The van der Waals surface area contributed by atoms with Crippen molar-refractivity contribution in [3.05, 3.63) is 35.4 Å². The van der Waals surface area contributed by atoms with Gasteiger partial charge in [-0.15, -0.1) is 0 Å². The van der Waals surface area contributed by atoms with Crippen molar-refractivity contribution in [2.75, 3.05) is 0 Å². The number of hydrogen-bond acceptors (Lipinski definition) is 2. The van der Waals surface area contributed by atoms with Gasteiger partial charge in [0.1, 0.15) is 6.10 Å². The highest BCUT2D eigenvalue weighted by molar-refractivity contribution is 5.24. The topological polar surface area (TPSA) is 29.5 Å². The maximum Gasteiger partial charge on any atom is 0.105 e. The van der Waals surface area contributed by atoms with Crippen LogP contribution < -0.4 is 0 Å². The van der Waals surface area contributed by atoms with Crippen LogP contribution in [0.4, 0.5) is 0 Å². The van der Waals surface area contributed by atoms with Gasteiger partial charge in [0.15, 0.2) is 0 Å². The van der Waals surface area contributed by atoms with E-state index in [1.165, 1.54) is 5.56 Å². The molecule has 0 heterocycles. The lowest BCUT2D eigenvalue weighted by Crippen LogP contribution is -2.31. The summed E-state index contributed by atoms with van der Waals surface area (Å²) in [6.45, 7) is 10.2. The van der Waals surface area contributed by atoms with E-state index >= 15 is 0 Å². The minimum Gasteiger partial charge on any atom is -0.386 e. The predicted octanol–water partition coefficient (Wildman–Crippen LogP) is 3.88. The summed E-state index contributed by atoms with van der Waals surface area (Å²) in [7, 11) is 0. The summed E-state index contributed by atoms with van der Waals surface area (Å²) in [4.78, 5) is 0. The zero-order chi connectivity index (χ0) is 13.8. The fourth-order valence-electron chi connectivity index (χ4n) is 1.87. The molecule has 0 radical (unpaired) electrons. The van der Waals surface area contributed by atoms with Crippen molar-refractivity contribution in [2.45, 2.75) is 65.3 Å². The van der Waals surface area contributed by atoms with Crippen LogP contribution in [-0.4, -0.2) is 16.8 Å². The van der Waals surface area contributed by atoms with Crippen LogP contribution in [0.25, 0.3) is 0 Å². The van der Waals surface area contributed by atoms with Gasteiger partial charge in [0, 0.05) is 0 Å². The molecule has 0 aliphatic carbocycles. The molecule has 0 saturated heterocycles. The standard InChI is InChI=1S/C16H26O2/c1-6-13-8-10-14(11-9-13)15(17)12(3)18-16(4,5)7-2/h8-12,15,17H,6-7H2,1-5H3. The molecule has 1 aromatic carbocycles. The average molecular weight is 250 g/mol. The number of aliphatic hydroxyl groups excluding tert-OH is 1. The van der Waals surface area contributed by atoms with Crippen LogP contribution in [0.3, 0.4) is 0 Å². The smallest absolute Gasteiger partial charge is 0.105 e. The Hall–Kier alpha value is -0.860. The summed E-state index contributed by atoms with van der Waals surface area (Å²) in [6, 6.07) is 8.11. The minimum absolute atomic E-state index is 0.191. The van der Waals surface area contributed by atoms with E-state index in [4.69, 9.17) is 4.74 Å². The van der Waals surface area contributed by atoms with Gasteiger partial charge in [-0.3, -0.25) is 0 Å². The Morgan fingerprint density at radius 1 is 1.17 bits per heavy atom. The SMILES string of the molecule is CCc1ccc(C(O)C(C)OC(C)(C)CC)cc1. The third-order valence-corrected chi connectivity index (χ3v) is 3.53. The van der Waals surface area contributed by atoms with Gasteiger partial charge >= 0.3 is 0 Å². The van der Waals surface area contributed by atoms with E-state index in [0.29, 0.717) is 0 Å². The summed E-state index contributed by atoms with van der Waals surface area (Å²) in [5.41, 5.74) is 2.02. The molecule has 2 nitrogen and oxygen atoms in total. The Labute approximate surface area is 111 Å². The number of aliphatic hydroxyl groups is 1. The molecule has 1 aromatic rings. The van der Waals surface area contributed by atoms with Gasteiger partial charge in [0.05, 0.1) is 11.7 Å². The number of hydrogen-bond donors (Lipinski definition) is 1. The van der Waals surface area contributed by atoms with Gasteiger partial charge in [-0.2, -0.15) is 0 Å². The fourth-order valence-corrected chi connectivity index (χ4v) is 1.87. The molecule has 0 fully saturated rings. The summed E-state index contributed by atoms with van der Waals surface area (Å²) in [5, 5.41) is 10.3. The fraction of sp³-hybridized carbons (Fsp3) is 0.625. The first-order valence-corrected chi connectivity index (χ1v) is 6.84. The second-order valence-electron chi connectivity index (χ2n) is 5.48. The number of ether oxygens (including phenoxy) is 1. The first-order chi connectivity index (χ1) is 8.39. The largest absolute Gasteiger partial charge is 0.386 e. The number of rotatable bonds is 6. The quantitative estimate of drug-likeness (QED) is 0.830. The van der Waals surface area contributed by atoms with Crippen LogP contribution in [0.15, 0.2) is 24.3 Å². The van der Waals surface area contributed by atoms with Gasteiger partial charge in [0.2, 0.25) is 0 Å². The molecule has 2 unspecified atom stereocenters. The molecule has 0 spiro atoms. The molecule has 1 N–H and O–H groups in total. The zero-order valence-electron chi connectivity index (χ0n) is 12.2. The minimum atomic E-state index is -0.568. The Kier molecular flexibility index (Phi) is 5.36. The highest BCUT2D eigenvalue weighted by atomic mass is 16.5. The lowest BCUT2D eigenvalue weighted by Gasteiger charge is -2.30. The molecular weight excluding hydrogens is 224 g/mol. The third-order valence-electron chi connectivity index (χ3n) is 3.53. The molecular formula is C16H26O2. The van der Waals surface area contributed by atoms with Crippen LogP contribution in [0, 0.1) is 0 Å². The van der Waals surface area contributed by atoms with E-state index in [1.54, 1.807) is 0 Å². The molecule has 18 heavy (non-hydrogen) atoms. The number of benzene rings is 1. The predicted molar refractivity (Wildman–Crippen MR) is 75.7 cm³/mol. The van der Waals surface area contributed by atoms with Crippen molar-refractivity contribution >= 4 is 0 Å². The molecule has 2 heteroatoms. The lowest BCUT2D eigenvalue weighted by molar-refractivity contribution is -0.113. The maximum absolute atomic E-state index is 10.3.